The quantitative estimate of drug-likeness (QED) is 0.495. The maximum Gasteiger partial charge on any atom is 0.259 e. The lowest BCUT2D eigenvalue weighted by molar-refractivity contribution is 0.0748. The molecule has 0 aliphatic carbocycles. The molecule has 1 saturated heterocycles. The van der Waals surface area contributed by atoms with Crippen LogP contribution in [0, 0.1) is 5.82 Å². The highest BCUT2D eigenvalue weighted by Gasteiger charge is 2.26. The molecule has 2 aromatic carbocycles. The summed E-state index contributed by atoms with van der Waals surface area (Å²) in [5.74, 6) is 0.341. The number of anilines is 1. The normalized spacial score (nSPS) is 14.1. The first-order chi connectivity index (χ1) is 15.7. The molecular weight excluding hydrogens is 409 g/mol. The van der Waals surface area contributed by atoms with E-state index in [1.165, 1.54) is 16.8 Å². The number of carbonyl (C=O) groups excluding carboxylic acids is 1. The van der Waals surface area contributed by atoms with E-state index in [-0.39, 0.29) is 11.7 Å². The van der Waals surface area contributed by atoms with Gasteiger partial charge in [-0.05, 0) is 30.3 Å². The highest BCUT2D eigenvalue weighted by molar-refractivity contribution is 6.00. The molecule has 8 heteroatoms. The minimum atomic E-state index is -0.351. The van der Waals surface area contributed by atoms with E-state index in [0.29, 0.717) is 48.6 Å². The van der Waals surface area contributed by atoms with Crippen LogP contribution in [-0.2, 0) is 0 Å². The first kappa shape index (κ1) is 20.0. The van der Waals surface area contributed by atoms with Gasteiger partial charge in [-0.15, -0.1) is 0 Å². The minimum Gasteiger partial charge on any atom is -0.495 e. The van der Waals surface area contributed by atoms with E-state index in [4.69, 9.17) is 4.74 Å². The number of carbonyl (C=O) groups is 1. The topological polar surface area (TPSA) is 63.0 Å². The zero-order chi connectivity index (χ0) is 22.1. The van der Waals surface area contributed by atoms with Crippen LogP contribution in [0.4, 0.5) is 10.1 Å². The smallest absolute Gasteiger partial charge is 0.259 e. The molecule has 0 N–H and O–H groups in total. The molecule has 0 bridgehead atoms. The standard InChI is InChI=1S/C24H22FN5O2/c1-32-22-9-5-4-8-21(22)28-12-14-29(15-13-28)24(31)18-16-27-30-20(10-11-26-23(18)30)17-6-2-3-7-19(17)25/h2-11,16H,12-15H2,1H3. The Hall–Kier alpha value is -3.94. The zero-order valence-corrected chi connectivity index (χ0v) is 17.6. The number of hydrogen-bond donors (Lipinski definition) is 0. The zero-order valence-electron chi connectivity index (χ0n) is 17.6. The summed E-state index contributed by atoms with van der Waals surface area (Å²) in [7, 11) is 1.66. The predicted octanol–water partition coefficient (Wildman–Crippen LogP) is 3.51. The van der Waals surface area contributed by atoms with Gasteiger partial charge in [-0.1, -0.05) is 24.3 Å². The van der Waals surface area contributed by atoms with Crippen LogP contribution < -0.4 is 9.64 Å². The molecule has 4 aromatic rings. The van der Waals surface area contributed by atoms with Gasteiger partial charge in [0.05, 0.1) is 24.7 Å². The summed E-state index contributed by atoms with van der Waals surface area (Å²) in [5.41, 5.74) is 2.81. The number of fused-ring (bicyclic) bond motifs is 1. The second-order valence-corrected chi connectivity index (χ2v) is 7.55. The van der Waals surface area contributed by atoms with Crippen molar-refractivity contribution in [3.8, 4) is 17.0 Å². The average Bonchev–Trinajstić information content (AvgIpc) is 3.28. The van der Waals surface area contributed by atoms with Crippen molar-refractivity contribution in [3.63, 3.8) is 0 Å². The molecule has 5 rings (SSSR count). The molecule has 7 nitrogen and oxygen atoms in total. The molecule has 1 aliphatic rings. The number of aromatic nitrogens is 3. The van der Waals surface area contributed by atoms with Gasteiger partial charge in [0.1, 0.15) is 17.1 Å². The Labute approximate surface area is 184 Å². The van der Waals surface area contributed by atoms with E-state index in [2.05, 4.69) is 15.0 Å². The van der Waals surface area contributed by atoms with Gasteiger partial charge in [0.15, 0.2) is 5.65 Å². The van der Waals surface area contributed by atoms with Crippen LogP contribution >= 0.6 is 0 Å². The summed E-state index contributed by atoms with van der Waals surface area (Å²) in [6, 6.07) is 16.1. The third-order valence-corrected chi connectivity index (χ3v) is 5.77. The van der Waals surface area contributed by atoms with Crippen LogP contribution in [0.3, 0.4) is 0 Å². The number of benzene rings is 2. The molecule has 1 fully saturated rings. The van der Waals surface area contributed by atoms with Crippen LogP contribution in [0.5, 0.6) is 5.75 Å². The third kappa shape index (κ3) is 3.43. The fraction of sp³-hybridized carbons (Fsp3) is 0.208. The van der Waals surface area contributed by atoms with Crippen LogP contribution in [-0.4, -0.2) is 58.7 Å². The monoisotopic (exact) mass is 431 g/mol. The Morgan fingerprint density at radius 1 is 1.00 bits per heavy atom. The highest BCUT2D eigenvalue weighted by atomic mass is 19.1. The second kappa shape index (κ2) is 8.30. The summed E-state index contributed by atoms with van der Waals surface area (Å²) >= 11 is 0. The van der Waals surface area contributed by atoms with Gasteiger partial charge >= 0.3 is 0 Å². The number of halogens is 1. The first-order valence-corrected chi connectivity index (χ1v) is 10.4. The number of methoxy groups -OCH3 is 1. The van der Waals surface area contributed by atoms with Crippen molar-refractivity contribution in [1.82, 2.24) is 19.5 Å². The molecule has 3 heterocycles. The lowest BCUT2D eigenvalue weighted by Gasteiger charge is -2.36. The Bertz CT molecular complexity index is 1280. The van der Waals surface area contributed by atoms with E-state index in [9.17, 15) is 9.18 Å². The Kier molecular flexibility index (Phi) is 5.18. The number of para-hydroxylation sites is 2. The third-order valence-electron chi connectivity index (χ3n) is 5.77. The second-order valence-electron chi connectivity index (χ2n) is 7.55. The fourth-order valence-electron chi connectivity index (χ4n) is 4.13. The summed E-state index contributed by atoms with van der Waals surface area (Å²) < 4.78 is 21.3. The van der Waals surface area contributed by atoms with E-state index in [1.54, 1.807) is 42.5 Å². The molecule has 2 aromatic heterocycles. The van der Waals surface area contributed by atoms with Crippen molar-refractivity contribution in [3.05, 3.63) is 78.4 Å². The molecular formula is C24H22FN5O2. The van der Waals surface area contributed by atoms with E-state index < -0.39 is 0 Å². The Morgan fingerprint density at radius 2 is 1.75 bits per heavy atom. The number of hydrogen-bond acceptors (Lipinski definition) is 5. The van der Waals surface area contributed by atoms with Crippen LogP contribution in [0.25, 0.3) is 16.9 Å². The predicted molar refractivity (Wildman–Crippen MR) is 119 cm³/mol. The van der Waals surface area contributed by atoms with Gasteiger partial charge < -0.3 is 14.5 Å². The molecule has 0 radical (unpaired) electrons. The fourth-order valence-corrected chi connectivity index (χ4v) is 4.13. The molecule has 32 heavy (non-hydrogen) atoms. The molecule has 1 amide bonds. The molecule has 0 saturated carbocycles. The van der Waals surface area contributed by atoms with Gasteiger partial charge in [-0.3, -0.25) is 4.79 Å². The number of ether oxygens (including phenoxy) is 1. The maximum atomic E-state index is 14.3. The lowest BCUT2D eigenvalue weighted by atomic mass is 10.1. The number of amides is 1. The Morgan fingerprint density at radius 3 is 2.53 bits per heavy atom. The maximum absolute atomic E-state index is 14.3. The van der Waals surface area contributed by atoms with Crippen LogP contribution in [0.1, 0.15) is 10.4 Å². The SMILES string of the molecule is COc1ccccc1N1CCN(C(=O)c2cnn3c(-c4ccccc4F)ccnc23)CC1. The van der Waals surface area contributed by atoms with Gasteiger partial charge in [0.2, 0.25) is 0 Å². The van der Waals surface area contributed by atoms with Crippen molar-refractivity contribution < 1.29 is 13.9 Å². The van der Waals surface area contributed by atoms with Gasteiger partial charge in [0.25, 0.3) is 5.91 Å². The first-order valence-electron chi connectivity index (χ1n) is 10.4. The van der Waals surface area contributed by atoms with Gasteiger partial charge in [0, 0.05) is 37.9 Å². The van der Waals surface area contributed by atoms with Crippen molar-refractivity contribution >= 4 is 17.2 Å². The number of nitrogens with zero attached hydrogens (tertiary/aromatic N) is 5. The van der Waals surface area contributed by atoms with E-state index in [0.717, 1.165) is 11.4 Å². The lowest BCUT2D eigenvalue weighted by Crippen LogP contribution is -2.48. The summed E-state index contributed by atoms with van der Waals surface area (Å²) in [6.45, 7) is 2.53. The Balaban J connectivity index is 1.38. The summed E-state index contributed by atoms with van der Waals surface area (Å²) in [4.78, 5) is 21.7. The van der Waals surface area contributed by atoms with E-state index in [1.807, 2.05) is 24.3 Å². The number of piperazine rings is 1. The largest absolute Gasteiger partial charge is 0.495 e. The van der Waals surface area contributed by atoms with Crippen molar-refractivity contribution in [2.24, 2.45) is 0 Å². The molecule has 0 atom stereocenters. The van der Waals surface area contributed by atoms with Crippen molar-refractivity contribution in [2.75, 3.05) is 38.2 Å². The van der Waals surface area contributed by atoms with Crippen molar-refractivity contribution in [1.29, 1.82) is 0 Å². The molecule has 1 aliphatic heterocycles. The molecule has 0 spiro atoms. The average molecular weight is 431 g/mol. The van der Waals surface area contributed by atoms with Crippen molar-refractivity contribution in [2.45, 2.75) is 0 Å². The molecule has 0 unspecified atom stereocenters. The number of rotatable bonds is 4. The van der Waals surface area contributed by atoms with Gasteiger partial charge in [-0.25, -0.2) is 13.9 Å². The summed E-state index contributed by atoms with van der Waals surface area (Å²) in [6.07, 6.45) is 3.09. The minimum absolute atomic E-state index is 0.127. The summed E-state index contributed by atoms with van der Waals surface area (Å²) in [5, 5.41) is 4.35. The van der Waals surface area contributed by atoms with Crippen LogP contribution in [0.2, 0.25) is 0 Å². The highest BCUT2D eigenvalue weighted by Crippen LogP contribution is 2.29. The van der Waals surface area contributed by atoms with Crippen LogP contribution in [0.15, 0.2) is 67.0 Å². The van der Waals surface area contributed by atoms with E-state index >= 15 is 0 Å². The van der Waals surface area contributed by atoms with Gasteiger partial charge in [-0.2, -0.15) is 5.10 Å². The molecule has 162 valence electrons.